The van der Waals surface area contributed by atoms with E-state index in [1.54, 1.807) is 56.6 Å². The van der Waals surface area contributed by atoms with Crippen molar-refractivity contribution in [2.24, 2.45) is 0 Å². The quantitative estimate of drug-likeness (QED) is 0.197. The van der Waals surface area contributed by atoms with Crippen LogP contribution in [0.5, 0.6) is 5.75 Å². The van der Waals surface area contributed by atoms with E-state index < -0.39 is 17.5 Å². The summed E-state index contributed by atoms with van der Waals surface area (Å²) in [6.07, 6.45) is 3.67. The smallest absolute Gasteiger partial charge is 0.339 e. The summed E-state index contributed by atoms with van der Waals surface area (Å²) in [5.41, 5.74) is 3.24. The molecular formula is C36H34N2O7. The summed E-state index contributed by atoms with van der Waals surface area (Å²) >= 11 is 0. The molecule has 2 N–H and O–H groups in total. The van der Waals surface area contributed by atoms with Crippen LogP contribution < -0.4 is 14.5 Å². The van der Waals surface area contributed by atoms with E-state index in [1.165, 1.54) is 34.1 Å². The third-order valence-electron chi connectivity index (χ3n) is 6.89. The van der Waals surface area contributed by atoms with Crippen molar-refractivity contribution in [1.82, 2.24) is 0 Å². The van der Waals surface area contributed by atoms with E-state index >= 15 is 0 Å². The van der Waals surface area contributed by atoms with E-state index in [9.17, 15) is 24.3 Å². The first kappa shape index (κ1) is 32.2. The molecule has 0 saturated heterocycles. The molecule has 0 unspecified atom stereocenters. The maximum absolute atomic E-state index is 13.2. The Balaban J connectivity index is 1.41. The molecule has 0 bridgehead atoms. The van der Waals surface area contributed by atoms with Gasteiger partial charge in [0.15, 0.2) is 0 Å². The number of anilines is 2. The Bertz CT molecular complexity index is 1750. The second-order valence-electron chi connectivity index (χ2n) is 11.4. The van der Waals surface area contributed by atoms with Gasteiger partial charge < -0.3 is 24.7 Å². The first-order chi connectivity index (χ1) is 21.2. The maximum atomic E-state index is 13.2. The summed E-state index contributed by atoms with van der Waals surface area (Å²) in [6, 6.07) is 24.7. The largest absolute Gasteiger partial charge is 0.487 e. The molecular weight excluding hydrogens is 572 g/mol. The molecule has 9 nitrogen and oxygen atoms in total. The molecule has 45 heavy (non-hydrogen) atoms. The zero-order chi connectivity index (χ0) is 32.9. The molecule has 0 spiro atoms. The molecule has 0 radical (unpaired) electrons. The average molecular weight is 607 g/mol. The zero-order valence-corrected chi connectivity index (χ0v) is 25.6. The van der Waals surface area contributed by atoms with Gasteiger partial charge in [0.2, 0.25) is 0 Å². The van der Waals surface area contributed by atoms with Crippen molar-refractivity contribution in [2.45, 2.75) is 26.4 Å². The Morgan fingerprint density at radius 3 is 1.49 bits per heavy atom. The van der Waals surface area contributed by atoms with Crippen LogP contribution >= 0.6 is 0 Å². The van der Waals surface area contributed by atoms with Gasteiger partial charge in [-0.1, -0.05) is 30.4 Å². The van der Waals surface area contributed by atoms with Crippen LogP contribution in [0.4, 0.5) is 11.4 Å². The Hall–Kier alpha value is -5.70. The molecule has 0 aromatic heterocycles. The summed E-state index contributed by atoms with van der Waals surface area (Å²) < 4.78 is 5.78. The average Bonchev–Trinajstić information content (AvgIpc) is 3.02. The minimum Gasteiger partial charge on any atom is -0.487 e. The first-order valence-corrected chi connectivity index (χ1v) is 14.1. The topological polar surface area (TPSA) is 124 Å². The van der Waals surface area contributed by atoms with Crippen LogP contribution in [-0.2, 0) is 0 Å². The van der Waals surface area contributed by atoms with E-state index in [2.05, 4.69) is 0 Å². The lowest BCUT2D eigenvalue weighted by atomic mass is 10.1. The van der Waals surface area contributed by atoms with Gasteiger partial charge in [0.1, 0.15) is 16.9 Å². The van der Waals surface area contributed by atoms with Crippen LogP contribution in [0.1, 0.15) is 73.3 Å². The van der Waals surface area contributed by atoms with Gasteiger partial charge in [-0.05, 0) is 105 Å². The number of rotatable bonds is 9. The lowest BCUT2D eigenvalue weighted by molar-refractivity contribution is 0.0674. The molecule has 4 aromatic carbocycles. The molecule has 4 rings (SSSR count). The minimum atomic E-state index is -1.07. The number of nitrogens with zero attached hydrogens (tertiary/aromatic N) is 2. The number of aromatic carboxylic acids is 2. The number of hydrogen-bond acceptors (Lipinski definition) is 5. The minimum absolute atomic E-state index is 0.0844. The van der Waals surface area contributed by atoms with Crippen molar-refractivity contribution in [3.63, 3.8) is 0 Å². The van der Waals surface area contributed by atoms with Crippen molar-refractivity contribution < 1.29 is 34.1 Å². The lowest BCUT2D eigenvalue weighted by Gasteiger charge is -2.22. The summed E-state index contributed by atoms with van der Waals surface area (Å²) in [4.78, 5) is 51.9. The molecule has 230 valence electrons. The number of hydrogen-bond donors (Lipinski definition) is 2. The Labute approximate surface area is 261 Å². The van der Waals surface area contributed by atoms with Crippen LogP contribution in [0.15, 0.2) is 91.0 Å². The highest BCUT2D eigenvalue weighted by Gasteiger charge is 2.19. The van der Waals surface area contributed by atoms with E-state index in [1.807, 2.05) is 57.2 Å². The monoisotopic (exact) mass is 606 g/mol. The summed E-state index contributed by atoms with van der Waals surface area (Å²) in [5.74, 6) is -2.37. The van der Waals surface area contributed by atoms with Crippen molar-refractivity contribution >= 4 is 47.3 Å². The predicted molar refractivity (Wildman–Crippen MR) is 174 cm³/mol. The van der Waals surface area contributed by atoms with Gasteiger partial charge >= 0.3 is 11.9 Å². The lowest BCUT2D eigenvalue weighted by Crippen LogP contribution is -2.27. The molecule has 0 heterocycles. The van der Waals surface area contributed by atoms with E-state index in [-0.39, 0.29) is 22.9 Å². The fourth-order valence-corrected chi connectivity index (χ4v) is 4.44. The van der Waals surface area contributed by atoms with Gasteiger partial charge in [-0.25, -0.2) is 9.59 Å². The van der Waals surface area contributed by atoms with Crippen molar-refractivity contribution in [1.29, 1.82) is 0 Å². The summed E-state index contributed by atoms with van der Waals surface area (Å²) in [5, 5.41) is 18.7. The van der Waals surface area contributed by atoms with Gasteiger partial charge in [0, 0.05) is 36.6 Å². The Kier molecular flexibility index (Phi) is 9.52. The van der Waals surface area contributed by atoms with Crippen LogP contribution in [0, 0.1) is 0 Å². The summed E-state index contributed by atoms with van der Waals surface area (Å²) in [7, 11) is 3.28. The van der Waals surface area contributed by atoms with E-state index in [4.69, 9.17) is 9.84 Å². The van der Waals surface area contributed by atoms with Gasteiger partial charge in [-0.3, -0.25) is 9.59 Å². The fraction of sp³-hybridized carbons (Fsp3) is 0.167. The van der Waals surface area contributed by atoms with Crippen LogP contribution in [0.2, 0.25) is 0 Å². The van der Waals surface area contributed by atoms with Crippen LogP contribution in [0.3, 0.4) is 0 Å². The molecule has 0 aliphatic rings. The number of amides is 2. The molecule has 0 aliphatic carbocycles. The third kappa shape index (κ3) is 8.03. The Morgan fingerprint density at radius 1 is 0.600 bits per heavy atom. The number of carbonyl (C=O) groups excluding carboxylic acids is 2. The number of benzene rings is 4. The van der Waals surface area contributed by atoms with Crippen molar-refractivity contribution in [2.75, 3.05) is 23.9 Å². The fourth-order valence-electron chi connectivity index (χ4n) is 4.44. The molecule has 0 saturated carbocycles. The molecule has 0 fully saturated rings. The van der Waals surface area contributed by atoms with Crippen LogP contribution in [-0.4, -0.2) is 53.7 Å². The van der Waals surface area contributed by atoms with Gasteiger partial charge in [0.05, 0.1) is 5.56 Å². The van der Waals surface area contributed by atoms with E-state index in [0.29, 0.717) is 33.8 Å². The molecule has 9 heteroatoms. The second kappa shape index (κ2) is 13.3. The van der Waals surface area contributed by atoms with Gasteiger partial charge in [0.25, 0.3) is 11.8 Å². The van der Waals surface area contributed by atoms with Crippen molar-refractivity contribution in [3.8, 4) is 5.75 Å². The zero-order valence-electron chi connectivity index (χ0n) is 25.6. The Morgan fingerprint density at radius 2 is 1.02 bits per heavy atom. The molecule has 0 aliphatic heterocycles. The highest BCUT2D eigenvalue weighted by Crippen LogP contribution is 2.26. The van der Waals surface area contributed by atoms with Gasteiger partial charge in [-0.15, -0.1) is 0 Å². The normalized spacial score (nSPS) is 11.2. The number of carboxylic acid groups (broad SMARTS) is 2. The second-order valence-corrected chi connectivity index (χ2v) is 11.4. The molecule has 0 atom stereocenters. The third-order valence-corrected chi connectivity index (χ3v) is 6.89. The summed E-state index contributed by atoms with van der Waals surface area (Å²) in [6.45, 7) is 5.57. The first-order valence-electron chi connectivity index (χ1n) is 14.1. The standard InChI is InChI=1S/C36H34N2O7/c1-36(2,3)45-31-21-10-24(22-30(31)35(43)44)7-6-23-8-17-28(18-9-23)37(4)33(40)26-15-19-29(20-16-26)38(5)32(39)25-11-13-27(14-12-25)34(41)42/h6-22H,1-5H3,(H,41,42)(H,43,44)/b7-6+. The molecule has 2 amide bonds. The number of carbonyl (C=O) groups is 4. The van der Waals surface area contributed by atoms with E-state index in [0.717, 1.165) is 5.56 Å². The highest BCUT2D eigenvalue weighted by molar-refractivity contribution is 6.08. The maximum Gasteiger partial charge on any atom is 0.339 e. The SMILES string of the molecule is CN(C(=O)c1ccc(N(C)C(=O)c2ccc(C(=O)O)cc2)cc1)c1ccc(/C=C/c2ccc(OC(C)(C)C)c(C(=O)O)c2)cc1. The van der Waals surface area contributed by atoms with Crippen molar-refractivity contribution in [3.05, 3.63) is 124 Å². The number of ether oxygens (including phenoxy) is 1. The molecule has 4 aromatic rings. The van der Waals surface area contributed by atoms with Gasteiger partial charge in [-0.2, -0.15) is 0 Å². The van der Waals surface area contributed by atoms with Crippen LogP contribution in [0.25, 0.3) is 12.2 Å². The number of carboxylic acids is 2. The predicted octanol–water partition coefficient (Wildman–Crippen LogP) is 6.98. The highest BCUT2D eigenvalue weighted by atomic mass is 16.5.